The Morgan fingerprint density at radius 2 is 1.92 bits per heavy atom. The number of carbonyl (C=O) groups excluding carboxylic acids is 2. The van der Waals surface area contributed by atoms with Crippen LogP contribution in [0.2, 0.25) is 0 Å². The summed E-state index contributed by atoms with van der Waals surface area (Å²) in [6, 6.07) is 8.39. The number of benzene rings is 1. The molecule has 0 radical (unpaired) electrons. The first-order valence-corrected chi connectivity index (χ1v) is 8.60. The third-order valence-electron chi connectivity index (χ3n) is 4.90. The minimum atomic E-state index is -0.830. The predicted molar refractivity (Wildman–Crippen MR) is 94.0 cm³/mol. The molecule has 25 heavy (non-hydrogen) atoms. The molecule has 0 fully saturated rings. The fraction of sp³-hybridized carbons (Fsp3) is 0.474. The van der Waals surface area contributed by atoms with Crippen molar-refractivity contribution in [3.05, 3.63) is 35.5 Å². The molecule has 2 aromatic rings. The van der Waals surface area contributed by atoms with Crippen LogP contribution >= 0.6 is 0 Å². The highest BCUT2D eigenvalue weighted by molar-refractivity contribution is 5.94. The van der Waals surface area contributed by atoms with Crippen LogP contribution in [0, 0.1) is 5.92 Å². The summed E-state index contributed by atoms with van der Waals surface area (Å²) in [6.07, 6.45) is 2.19. The molecule has 0 saturated carbocycles. The molecule has 6 heteroatoms. The zero-order chi connectivity index (χ0) is 17.8. The zero-order valence-corrected chi connectivity index (χ0v) is 14.7. The van der Waals surface area contributed by atoms with Crippen LogP contribution in [-0.4, -0.2) is 49.1 Å². The Labute approximate surface area is 147 Å². The number of nitrogens with zero attached hydrogens (tertiary/aromatic N) is 1. The van der Waals surface area contributed by atoms with Crippen LogP contribution in [0.5, 0.6) is 0 Å². The van der Waals surface area contributed by atoms with Crippen molar-refractivity contribution >= 4 is 22.8 Å². The van der Waals surface area contributed by atoms with Crippen molar-refractivity contribution in [1.29, 1.82) is 0 Å². The molecular formula is C19H24N2O4. The van der Waals surface area contributed by atoms with Crippen LogP contribution in [0.3, 0.4) is 0 Å². The summed E-state index contributed by atoms with van der Waals surface area (Å²) >= 11 is 0. The average molecular weight is 344 g/mol. The van der Waals surface area contributed by atoms with Crippen LogP contribution < -0.4 is 0 Å². The van der Waals surface area contributed by atoms with Gasteiger partial charge in [0.25, 0.3) is 0 Å². The predicted octanol–water partition coefficient (Wildman–Crippen LogP) is 2.27. The molecule has 0 saturated heterocycles. The zero-order valence-electron chi connectivity index (χ0n) is 14.7. The monoisotopic (exact) mass is 344 g/mol. The van der Waals surface area contributed by atoms with Crippen molar-refractivity contribution in [3.63, 3.8) is 0 Å². The first-order valence-electron chi connectivity index (χ1n) is 8.60. The Morgan fingerprint density at radius 3 is 2.64 bits per heavy atom. The van der Waals surface area contributed by atoms with Crippen molar-refractivity contribution in [2.45, 2.75) is 25.8 Å². The van der Waals surface area contributed by atoms with Crippen molar-refractivity contribution in [3.8, 4) is 0 Å². The molecule has 0 aliphatic carbocycles. The molecule has 134 valence electrons. The van der Waals surface area contributed by atoms with Gasteiger partial charge in [0, 0.05) is 29.7 Å². The topological polar surface area (TPSA) is 71.6 Å². The van der Waals surface area contributed by atoms with E-state index in [1.54, 1.807) is 0 Å². The van der Waals surface area contributed by atoms with E-state index in [9.17, 15) is 9.59 Å². The van der Waals surface area contributed by atoms with Crippen LogP contribution in [0.4, 0.5) is 0 Å². The molecule has 1 N–H and O–H groups in total. The second kappa shape index (κ2) is 7.70. The van der Waals surface area contributed by atoms with Crippen LogP contribution in [0.15, 0.2) is 24.3 Å². The molecule has 0 amide bonds. The number of rotatable bonds is 6. The van der Waals surface area contributed by atoms with Gasteiger partial charge in [-0.1, -0.05) is 18.2 Å². The minimum absolute atomic E-state index is 0.440. The quantitative estimate of drug-likeness (QED) is 0.643. The van der Waals surface area contributed by atoms with Crippen LogP contribution in [-0.2, 0) is 32.0 Å². The minimum Gasteiger partial charge on any atom is -0.468 e. The maximum Gasteiger partial charge on any atom is 0.320 e. The van der Waals surface area contributed by atoms with Gasteiger partial charge in [-0.2, -0.15) is 0 Å². The Morgan fingerprint density at radius 1 is 1.20 bits per heavy atom. The number of para-hydroxylation sites is 1. The lowest BCUT2D eigenvalue weighted by Gasteiger charge is -2.27. The van der Waals surface area contributed by atoms with Gasteiger partial charge < -0.3 is 14.5 Å². The number of esters is 2. The lowest BCUT2D eigenvalue weighted by atomic mass is 10.0. The lowest BCUT2D eigenvalue weighted by molar-refractivity contribution is -0.159. The Hall–Kier alpha value is -2.34. The number of aromatic nitrogens is 1. The lowest BCUT2D eigenvalue weighted by Crippen LogP contribution is -2.32. The van der Waals surface area contributed by atoms with Crippen molar-refractivity contribution in [2.24, 2.45) is 5.92 Å². The number of methoxy groups -OCH3 is 2. The number of nitrogens with one attached hydrogen (secondary N) is 1. The van der Waals surface area contributed by atoms with E-state index in [4.69, 9.17) is 9.47 Å². The molecule has 1 aromatic carbocycles. The summed E-state index contributed by atoms with van der Waals surface area (Å²) in [5.74, 6) is -1.88. The molecule has 0 bridgehead atoms. The van der Waals surface area contributed by atoms with E-state index in [0.29, 0.717) is 6.42 Å². The van der Waals surface area contributed by atoms with Gasteiger partial charge >= 0.3 is 11.9 Å². The molecule has 2 heterocycles. The summed E-state index contributed by atoms with van der Waals surface area (Å²) in [6.45, 7) is 2.68. The SMILES string of the molecule is COC(=O)C(CCCN1CCc2c([nH]c3ccccc23)C1)C(=O)OC. The maximum atomic E-state index is 11.7. The third-order valence-corrected chi connectivity index (χ3v) is 4.90. The van der Waals surface area contributed by atoms with E-state index >= 15 is 0 Å². The fourth-order valence-electron chi connectivity index (χ4n) is 3.58. The van der Waals surface area contributed by atoms with E-state index < -0.39 is 17.9 Å². The van der Waals surface area contributed by atoms with Crippen molar-refractivity contribution in [2.75, 3.05) is 27.3 Å². The van der Waals surface area contributed by atoms with Gasteiger partial charge in [0.15, 0.2) is 5.92 Å². The van der Waals surface area contributed by atoms with Gasteiger partial charge in [-0.05, 0) is 37.4 Å². The third kappa shape index (κ3) is 3.69. The second-order valence-corrected chi connectivity index (χ2v) is 6.39. The van der Waals surface area contributed by atoms with Gasteiger partial charge in [-0.3, -0.25) is 14.5 Å². The van der Waals surface area contributed by atoms with Gasteiger partial charge in [-0.25, -0.2) is 0 Å². The number of aromatic amines is 1. The number of fused-ring (bicyclic) bond motifs is 3. The molecule has 1 aliphatic rings. The number of carbonyl (C=O) groups is 2. The van der Waals surface area contributed by atoms with E-state index in [1.807, 2.05) is 6.07 Å². The Balaban J connectivity index is 1.58. The first-order chi connectivity index (χ1) is 12.1. The second-order valence-electron chi connectivity index (χ2n) is 6.39. The summed E-state index contributed by atoms with van der Waals surface area (Å²) in [7, 11) is 2.58. The summed E-state index contributed by atoms with van der Waals surface area (Å²) in [5.41, 5.74) is 3.87. The van der Waals surface area contributed by atoms with Gasteiger partial charge in [0.2, 0.25) is 0 Å². The Bertz CT molecular complexity index is 752. The van der Waals surface area contributed by atoms with E-state index in [0.717, 1.165) is 32.5 Å². The van der Waals surface area contributed by atoms with Crippen LogP contribution in [0.1, 0.15) is 24.1 Å². The summed E-state index contributed by atoms with van der Waals surface area (Å²) < 4.78 is 9.40. The van der Waals surface area contributed by atoms with E-state index in [1.165, 1.54) is 36.4 Å². The van der Waals surface area contributed by atoms with Gasteiger partial charge in [0.05, 0.1) is 14.2 Å². The Kier molecular flexibility index (Phi) is 5.38. The molecule has 1 aromatic heterocycles. The molecule has 0 atom stereocenters. The number of H-pyrrole nitrogens is 1. The molecule has 0 unspecified atom stereocenters. The molecule has 6 nitrogen and oxygen atoms in total. The van der Waals surface area contributed by atoms with E-state index in [2.05, 4.69) is 28.1 Å². The molecule has 1 aliphatic heterocycles. The van der Waals surface area contributed by atoms with Gasteiger partial charge in [-0.15, -0.1) is 0 Å². The highest BCUT2D eigenvalue weighted by Crippen LogP contribution is 2.27. The summed E-state index contributed by atoms with van der Waals surface area (Å²) in [5, 5.41) is 1.31. The molecule has 3 rings (SSSR count). The van der Waals surface area contributed by atoms with Crippen LogP contribution in [0.25, 0.3) is 10.9 Å². The molecular weight excluding hydrogens is 320 g/mol. The smallest absolute Gasteiger partial charge is 0.320 e. The van der Waals surface area contributed by atoms with E-state index in [-0.39, 0.29) is 0 Å². The van der Waals surface area contributed by atoms with Crippen molar-refractivity contribution in [1.82, 2.24) is 9.88 Å². The molecule has 0 spiro atoms. The van der Waals surface area contributed by atoms with Gasteiger partial charge in [0.1, 0.15) is 0 Å². The standard InChI is InChI=1S/C19H24N2O4/c1-24-18(22)15(19(23)25-2)7-5-10-21-11-9-14-13-6-3-4-8-16(13)20-17(14)12-21/h3-4,6,8,15,20H,5,7,9-12H2,1-2H3. The number of ether oxygens (including phenoxy) is 2. The van der Waals surface area contributed by atoms with Crippen molar-refractivity contribution < 1.29 is 19.1 Å². The number of hydrogen-bond donors (Lipinski definition) is 1. The largest absolute Gasteiger partial charge is 0.468 e. The average Bonchev–Trinajstić information content (AvgIpc) is 3.01. The summed E-state index contributed by atoms with van der Waals surface area (Å²) in [4.78, 5) is 29.3. The fourth-order valence-corrected chi connectivity index (χ4v) is 3.58. The number of hydrogen-bond acceptors (Lipinski definition) is 5. The maximum absolute atomic E-state index is 11.7. The highest BCUT2D eigenvalue weighted by atomic mass is 16.5. The first kappa shape index (κ1) is 17.5. The highest BCUT2D eigenvalue weighted by Gasteiger charge is 2.28. The normalized spacial score (nSPS) is 14.5.